The van der Waals surface area contributed by atoms with E-state index in [1.165, 1.54) is 0 Å². The minimum Gasteiger partial charge on any atom is -0.384 e. The van der Waals surface area contributed by atoms with Gasteiger partial charge in [-0.1, -0.05) is 6.92 Å². The second-order valence-electron chi connectivity index (χ2n) is 4.49. The van der Waals surface area contributed by atoms with Gasteiger partial charge in [0, 0.05) is 19.6 Å². The van der Waals surface area contributed by atoms with Crippen molar-refractivity contribution in [3.05, 3.63) is 24.0 Å². The third kappa shape index (κ3) is 4.25. The van der Waals surface area contributed by atoms with Crippen LogP contribution in [0.2, 0.25) is 0 Å². The Labute approximate surface area is 114 Å². The molecule has 0 fully saturated rings. The molecule has 0 saturated carbocycles. The van der Waals surface area contributed by atoms with E-state index in [9.17, 15) is 4.79 Å². The lowest BCUT2D eigenvalue weighted by atomic mass is 10.2. The molecule has 1 unspecified atom stereocenters. The number of amides is 1. The largest absolute Gasteiger partial charge is 0.384 e. The van der Waals surface area contributed by atoms with Gasteiger partial charge in [0.2, 0.25) is 0 Å². The van der Waals surface area contributed by atoms with Crippen LogP contribution in [0.4, 0.5) is 5.69 Å². The monoisotopic (exact) mass is 260 g/mol. The predicted molar refractivity (Wildman–Crippen MR) is 74.8 cm³/mol. The van der Waals surface area contributed by atoms with Crippen LogP contribution in [0.5, 0.6) is 0 Å². The normalized spacial score (nSPS) is 11.5. The molecule has 0 bridgehead atoms. The zero-order valence-corrected chi connectivity index (χ0v) is 11.7. The van der Waals surface area contributed by atoms with E-state index in [2.05, 4.69) is 23.3 Å². The summed E-state index contributed by atoms with van der Waals surface area (Å²) in [6.07, 6.45) is 3.01. The van der Waals surface area contributed by atoms with Crippen LogP contribution in [-0.2, 0) is 0 Å². The molecule has 0 aromatic carbocycles. The average Bonchev–Trinajstić information content (AvgIpc) is 2.44. The fraction of sp³-hybridized carbons (Fsp3) is 0.500. The Morgan fingerprint density at radius 2 is 2.32 bits per heavy atom. The number of aromatic nitrogens is 1. The number of nitriles is 1. The summed E-state index contributed by atoms with van der Waals surface area (Å²) in [5, 5.41) is 11.8. The minimum absolute atomic E-state index is 0.114. The second kappa shape index (κ2) is 7.37. The molecular weight excluding hydrogens is 240 g/mol. The zero-order chi connectivity index (χ0) is 14.3. The number of pyridine rings is 1. The molecule has 102 valence electrons. The third-order valence-corrected chi connectivity index (χ3v) is 2.93. The summed E-state index contributed by atoms with van der Waals surface area (Å²) in [5.74, 6) is -0.162. The van der Waals surface area contributed by atoms with E-state index < -0.39 is 0 Å². The van der Waals surface area contributed by atoms with Gasteiger partial charge in [-0.05, 0) is 25.5 Å². The molecule has 1 amide bonds. The van der Waals surface area contributed by atoms with Crippen molar-refractivity contribution in [2.75, 3.05) is 18.9 Å². The minimum atomic E-state index is -0.162. The van der Waals surface area contributed by atoms with Crippen LogP contribution >= 0.6 is 0 Å². The maximum atomic E-state index is 12.1. The lowest BCUT2D eigenvalue weighted by molar-refractivity contribution is 0.0740. The highest BCUT2D eigenvalue weighted by molar-refractivity contribution is 5.92. The van der Waals surface area contributed by atoms with Crippen LogP contribution in [0.25, 0.3) is 0 Å². The number of rotatable bonds is 6. The molecule has 1 aromatic heterocycles. The van der Waals surface area contributed by atoms with E-state index >= 15 is 0 Å². The molecule has 0 saturated heterocycles. The Bertz CT molecular complexity index is 450. The van der Waals surface area contributed by atoms with Gasteiger partial charge in [-0.15, -0.1) is 0 Å². The number of anilines is 1. The first-order valence-corrected chi connectivity index (χ1v) is 6.44. The lowest BCUT2D eigenvalue weighted by Gasteiger charge is -2.22. The second-order valence-corrected chi connectivity index (χ2v) is 4.49. The molecule has 5 heteroatoms. The highest BCUT2D eigenvalue weighted by Crippen LogP contribution is 2.10. The van der Waals surface area contributed by atoms with Gasteiger partial charge in [0.05, 0.1) is 24.4 Å². The van der Waals surface area contributed by atoms with Gasteiger partial charge < -0.3 is 10.2 Å². The maximum Gasteiger partial charge on any atom is 0.272 e. The van der Waals surface area contributed by atoms with Gasteiger partial charge in [-0.25, -0.2) is 4.98 Å². The van der Waals surface area contributed by atoms with Crippen LogP contribution in [0.3, 0.4) is 0 Å². The first-order valence-electron chi connectivity index (χ1n) is 6.44. The van der Waals surface area contributed by atoms with Crippen molar-refractivity contribution in [1.82, 2.24) is 9.88 Å². The van der Waals surface area contributed by atoms with Crippen molar-refractivity contribution in [2.24, 2.45) is 0 Å². The average molecular weight is 260 g/mol. The van der Waals surface area contributed by atoms with E-state index in [0.717, 1.165) is 18.7 Å². The number of nitrogens with zero attached hydrogens (tertiary/aromatic N) is 3. The van der Waals surface area contributed by atoms with Crippen molar-refractivity contribution in [1.29, 1.82) is 5.26 Å². The lowest BCUT2D eigenvalue weighted by Crippen LogP contribution is -2.35. The van der Waals surface area contributed by atoms with E-state index in [1.807, 2.05) is 13.0 Å². The number of nitrogens with one attached hydrogen (secondary N) is 1. The van der Waals surface area contributed by atoms with Crippen LogP contribution in [0.15, 0.2) is 18.3 Å². The molecule has 0 radical (unpaired) electrons. The Morgan fingerprint density at radius 1 is 1.58 bits per heavy atom. The van der Waals surface area contributed by atoms with Gasteiger partial charge in [-0.2, -0.15) is 5.26 Å². The number of carbonyl (C=O) groups excluding carboxylic acids is 1. The molecule has 0 aliphatic heterocycles. The highest BCUT2D eigenvalue weighted by Gasteiger charge is 2.18. The predicted octanol–water partition coefficient (Wildman–Crippen LogP) is 2.28. The Hall–Kier alpha value is -2.09. The summed E-state index contributed by atoms with van der Waals surface area (Å²) in [7, 11) is 1.69. The molecule has 1 atom stereocenters. The summed E-state index contributed by atoms with van der Waals surface area (Å²) in [6, 6.07) is 5.50. The third-order valence-electron chi connectivity index (χ3n) is 2.93. The molecule has 0 aliphatic rings. The molecule has 1 heterocycles. The summed E-state index contributed by atoms with van der Waals surface area (Å²) in [5.41, 5.74) is 1.31. The fourth-order valence-corrected chi connectivity index (χ4v) is 1.54. The van der Waals surface area contributed by atoms with E-state index in [0.29, 0.717) is 12.1 Å². The van der Waals surface area contributed by atoms with Gasteiger partial charge in [0.1, 0.15) is 5.69 Å². The topological polar surface area (TPSA) is 69.0 Å². The number of hydrogen-bond donors (Lipinski definition) is 1. The standard InChI is InChI=1S/C14H20N4O/c1-4-9-16-12-5-6-13(17-10-12)14(19)18(3)11(2)7-8-15/h5-6,10-11,16H,4,7,9H2,1-3H3. The smallest absolute Gasteiger partial charge is 0.272 e. The first-order chi connectivity index (χ1) is 9.10. The summed E-state index contributed by atoms with van der Waals surface area (Å²) in [6.45, 7) is 4.82. The van der Waals surface area contributed by atoms with Crippen molar-refractivity contribution >= 4 is 11.6 Å². The molecular formula is C14H20N4O. The van der Waals surface area contributed by atoms with Crippen molar-refractivity contribution in [3.8, 4) is 6.07 Å². The molecule has 19 heavy (non-hydrogen) atoms. The van der Waals surface area contributed by atoms with Gasteiger partial charge in [-0.3, -0.25) is 4.79 Å². The number of hydrogen-bond acceptors (Lipinski definition) is 4. The fourth-order valence-electron chi connectivity index (χ4n) is 1.54. The SMILES string of the molecule is CCCNc1ccc(C(=O)N(C)C(C)CC#N)nc1. The van der Waals surface area contributed by atoms with Gasteiger partial charge >= 0.3 is 0 Å². The summed E-state index contributed by atoms with van der Waals surface area (Å²) in [4.78, 5) is 17.8. The summed E-state index contributed by atoms with van der Waals surface area (Å²) < 4.78 is 0. The summed E-state index contributed by atoms with van der Waals surface area (Å²) >= 11 is 0. The molecule has 5 nitrogen and oxygen atoms in total. The van der Waals surface area contributed by atoms with Crippen LogP contribution in [0.1, 0.15) is 37.2 Å². The zero-order valence-electron chi connectivity index (χ0n) is 11.7. The van der Waals surface area contributed by atoms with Crippen molar-refractivity contribution < 1.29 is 4.79 Å². The molecule has 1 N–H and O–H groups in total. The molecule has 1 aromatic rings. The molecule has 1 rings (SSSR count). The van der Waals surface area contributed by atoms with E-state index in [-0.39, 0.29) is 11.9 Å². The number of carbonyl (C=O) groups is 1. The quantitative estimate of drug-likeness (QED) is 0.852. The Kier molecular flexibility index (Phi) is 5.80. The van der Waals surface area contributed by atoms with Crippen LogP contribution in [-0.4, -0.2) is 35.4 Å². The highest BCUT2D eigenvalue weighted by atomic mass is 16.2. The van der Waals surface area contributed by atoms with E-state index in [4.69, 9.17) is 5.26 Å². The first kappa shape index (κ1) is 15.0. The van der Waals surface area contributed by atoms with Crippen molar-refractivity contribution in [3.63, 3.8) is 0 Å². The van der Waals surface area contributed by atoms with E-state index in [1.54, 1.807) is 24.2 Å². The van der Waals surface area contributed by atoms with Gasteiger partial charge in [0.15, 0.2) is 0 Å². The van der Waals surface area contributed by atoms with Crippen molar-refractivity contribution in [2.45, 2.75) is 32.7 Å². The Morgan fingerprint density at radius 3 is 2.84 bits per heavy atom. The maximum absolute atomic E-state index is 12.1. The molecule has 0 aliphatic carbocycles. The molecule has 0 spiro atoms. The van der Waals surface area contributed by atoms with Crippen LogP contribution < -0.4 is 5.32 Å². The Balaban J connectivity index is 2.70. The van der Waals surface area contributed by atoms with Gasteiger partial charge in [0.25, 0.3) is 5.91 Å². The van der Waals surface area contributed by atoms with Crippen LogP contribution in [0, 0.1) is 11.3 Å².